The summed E-state index contributed by atoms with van der Waals surface area (Å²) in [6.07, 6.45) is 2.34. The molecule has 4 aromatic rings. The van der Waals surface area contributed by atoms with Gasteiger partial charge in [0.05, 0.1) is 11.0 Å². The third kappa shape index (κ3) is 1.25. The molecule has 4 rings (SSSR count). The summed E-state index contributed by atoms with van der Waals surface area (Å²) in [7, 11) is 0. The number of fused-ring (bicyclic) bond motifs is 3. The van der Waals surface area contributed by atoms with Crippen molar-refractivity contribution in [2.45, 2.75) is 26.7 Å². The molecule has 0 aliphatic carbocycles. The molecule has 0 N–H and O–H groups in total. The largest absolute Gasteiger partial charge is 0.312 e. The zero-order valence-electron chi connectivity index (χ0n) is 11.4. The van der Waals surface area contributed by atoms with E-state index in [1.165, 1.54) is 44.9 Å². The quantitative estimate of drug-likeness (QED) is 0.472. The summed E-state index contributed by atoms with van der Waals surface area (Å²) < 4.78 is 2.48. The highest BCUT2D eigenvalue weighted by Gasteiger charge is 2.17. The number of rotatable bonds is 2. The van der Waals surface area contributed by atoms with Crippen molar-refractivity contribution in [1.82, 2.24) is 4.40 Å². The standard InChI is InChI=1S/C18H17N/c1-3-7-16-12(2)13-9-6-10-15-14-8-4-5-11-17(14)19(16)18(13)15/h4-6,8-11H,3,7H2,1-2H3. The van der Waals surface area contributed by atoms with E-state index in [4.69, 9.17) is 0 Å². The molecule has 0 saturated carbocycles. The lowest BCUT2D eigenvalue weighted by Gasteiger charge is -2.02. The van der Waals surface area contributed by atoms with Gasteiger partial charge in [0.2, 0.25) is 0 Å². The van der Waals surface area contributed by atoms with Crippen LogP contribution in [-0.2, 0) is 6.42 Å². The summed E-state index contributed by atoms with van der Waals surface area (Å²) in [4.78, 5) is 0. The fraction of sp³-hybridized carbons (Fsp3) is 0.222. The molecule has 0 atom stereocenters. The van der Waals surface area contributed by atoms with Gasteiger partial charge in [0.1, 0.15) is 0 Å². The number of para-hydroxylation sites is 2. The summed E-state index contributed by atoms with van der Waals surface area (Å²) in [5.41, 5.74) is 5.69. The first kappa shape index (κ1) is 10.9. The Morgan fingerprint density at radius 2 is 1.63 bits per heavy atom. The normalized spacial score (nSPS) is 12.1. The summed E-state index contributed by atoms with van der Waals surface area (Å²) >= 11 is 0. The smallest absolute Gasteiger partial charge is 0.0613 e. The zero-order chi connectivity index (χ0) is 13.0. The third-order valence-corrected chi connectivity index (χ3v) is 4.29. The molecule has 0 aliphatic rings. The van der Waals surface area contributed by atoms with Gasteiger partial charge in [-0.25, -0.2) is 0 Å². The maximum absolute atomic E-state index is 2.48. The Bertz CT molecular complexity index is 883. The summed E-state index contributed by atoms with van der Waals surface area (Å²) in [5, 5.41) is 4.18. The molecule has 0 bridgehead atoms. The van der Waals surface area contributed by atoms with Crippen molar-refractivity contribution in [1.29, 1.82) is 0 Å². The van der Waals surface area contributed by atoms with Crippen molar-refractivity contribution in [2.24, 2.45) is 0 Å². The van der Waals surface area contributed by atoms with Gasteiger partial charge in [-0.1, -0.05) is 49.7 Å². The molecule has 94 valence electrons. The van der Waals surface area contributed by atoms with Crippen LogP contribution in [0.4, 0.5) is 0 Å². The van der Waals surface area contributed by atoms with Gasteiger partial charge in [-0.05, 0) is 25.0 Å². The maximum Gasteiger partial charge on any atom is 0.0613 e. The predicted molar refractivity (Wildman–Crippen MR) is 82.3 cm³/mol. The van der Waals surface area contributed by atoms with Crippen LogP contribution < -0.4 is 0 Å². The van der Waals surface area contributed by atoms with Crippen LogP contribution >= 0.6 is 0 Å². The van der Waals surface area contributed by atoms with Gasteiger partial charge in [0.15, 0.2) is 0 Å². The van der Waals surface area contributed by atoms with Gasteiger partial charge < -0.3 is 4.40 Å². The topological polar surface area (TPSA) is 4.41 Å². The number of aryl methyl sites for hydroxylation is 2. The molecule has 0 amide bonds. The molecule has 1 nitrogen and oxygen atoms in total. The first-order valence-corrected chi connectivity index (χ1v) is 7.05. The van der Waals surface area contributed by atoms with Gasteiger partial charge >= 0.3 is 0 Å². The average molecular weight is 247 g/mol. The number of hydrogen-bond acceptors (Lipinski definition) is 0. The lowest BCUT2D eigenvalue weighted by Crippen LogP contribution is -1.92. The molecule has 2 aromatic carbocycles. The summed E-state index contributed by atoms with van der Waals surface area (Å²) in [6, 6.07) is 15.5. The van der Waals surface area contributed by atoms with E-state index in [2.05, 4.69) is 60.7 Å². The monoisotopic (exact) mass is 247 g/mol. The third-order valence-electron chi connectivity index (χ3n) is 4.29. The van der Waals surface area contributed by atoms with Crippen molar-refractivity contribution in [2.75, 3.05) is 0 Å². The first-order valence-electron chi connectivity index (χ1n) is 7.05. The van der Waals surface area contributed by atoms with E-state index < -0.39 is 0 Å². The molecule has 0 aliphatic heterocycles. The molecule has 0 unspecified atom stereocenters. The SMILES string of the molecule is CCCc1c(C)c2cccc3c4ccccc4n1c23. The Labute approximate surface area is 112 Å². The van der Waals surface area contributed by atoms with Crippen LogP contribution in [0, 0.1) is 6.92 Å². The van der Waals surface area contributed by atoms with E-state index in [-0.39, 0.29) is 0 Å². The first-order chi connectivity index (χ1) is 9.33. The maximum atomic E-state index is 2.48. The van der Waals surface area contributed by atoms with Gasteiger partial charge in [0, 0.05) is 21.9 Å². The van der Waals surface area contributed by atoms with Gasteiger partial charge in [0.25, 0.3) is 0 Å². The number of aromatic nitrogens is 1. The second kappa shape index (κ2) is 3.74. The lowest BCUT2D eigenvalue weighted by molar-refractivity contribution is 0.871. The highest BCUT2D eigenvalue weighted by molar-refractivity contribution is 6.15. The van der Waals surface area contributed by atoms with Gasteiger partial charge in [-0.2, -0.15) is 0 Å². The van der Waals surface area contributed by atoms with Crippen molar-refractivity contribution in [3.05, 3.63) is 53.7 Å². The Morgan fingerprint density at radius 3 is 2.47 bits per heavy atom. The molecule has 0 radical (unpaired) electrons. The minimum absolute atomic E-state index is 1.15. The van der Waals surface area contributed by atoms with Crippen molar-refractivity contribution in [3.63, 3.8) is 0 Å². The molecule has 1 heteroatoms. The minimum atomic E-state index is 1.15. The van der Waals surface area contributed by atoms with E-state index in [9.17, 15) is 0 Å². The Morgan fingerprint density at radius 1 is 0.895 bits per heavy atom. The van der Waals surface area contributed by atoms with Crippen molar-refractivity contribution < 1.29 is 0 Å². The van der Waals surface area contributed by atoms with Crippen LogP contribution in [0.5, 0.6) is 0 Å². The van der Waals surface area contributed by atoms with Gasteiger partial charge in [-0.15, -0.1) is 0 Å². The molecule has 2 aromatic heterocycles. The van der Waals surface area contributed by atoms with Crippen LogP contribution in [0.2, 0.25) is 0 Å². The lowest BCUT2D eigenvalue weighted by atomic mass is 10.1. The van der Waals surface area contributed by atoms with Crippen molar-refractivity contribution >= 4 is 27.2 Å². The van der Waals surface area contributed by atoms with Crippen LogP contribution in [0.1, 0.15) is 24.6 Å². The Balaban J connectivity index is 2.35. The van der Waals surface area contributed by atoms with Crippen molar-refractivity contribution in [3.8, 4) is 0 Å². The fourth-order valence-corrected chi connectivity index (χ4v) is 3.46. The van der Waals surface area contributed by atoms with E-state index in [0.717, 1.165) is 6.42 Å². The Kier molecular flexibility index (Phi) is 2.14. The van der Waals surface area contributed by atoms with Gasteiger partial charge in [-0.3, -0.25) is 0 Å². The molecule has 2 heterocycles. The molecule has 0 saturated heterocycles. The van der Waals surface area contributed by atoms with Crippen LogP contribution in [0.25, 0.3) is 27.2 Å². The average Bonchev–Trinajstić information content (AvgIpc) is 2.92. The van der Waals surface area contributed by atoms with E-state index >= 15 is 0 Å². The minimum Gasteiger partial charge on any atom is -0.312 e. The second-order valence-electron chi connectivity index (χ2n) is 5.38. The highest BCUT2D eigenvalue weighted by Crippen LogP contribution is 2.37. The molecular formula is C18H17N. The number of benzene rings is 2. The molecule has 0 fully saturated rings. The molecular weight excluding hydrogens is 230 g/mol. The molecule has 0 spiro atoms. The Hall–Kier alpha value is -2.02. The van der Waals surface area contributed by atoms with Crippen LogP contribution in [-0.4, -0.2) is 4.40 Å². The summed E-state index contributed by atoms with van der Waals surface area (Å²) in [5.74, 6) is 0. The number of hydrogen-bond donors (Lipinski definition) is 0. The predicted octanol–water partition coefficient (Wildman–Crippen LogP) is 4.94. The van der Waals surface area contributed by atoms with E-state index in [1.807, 2.05) is 0 Å². The highest BCUT2D eigenvalue weighted by atomic mass is 14.9. The zero-order valence-corrected chi connectivity index (χ0v) is 11.4. The van der Waals surface area contributed by atoms with E-state index in [1.54, 1.807) is 0 Å². The summed E-state index contributed by atoms with van der Waals surface area (Å²) in [6.45, 7) is 4.52. The number of nitrogens with zero attached hydrogens (tertiary/aromatic N) is 1. The fourth-order valence-electron chi connectivity index (χ4n) is 3.46. The van der Waals surface area contributed by atoms with Crippen LogP contribution in [0.15, 0.2) is 42.5 Å². The molecule has 19 heavy (non-hydrogen) atoms. The van der Waals surface area contributed by atoms with E-state index in [0.29, 0.717) is 0 Å². The van der Waals surface area contributed by atoms with Crippen LogP contribution in [0.3, 0.4) is 0 Å². The second-order valence-corrected chi connectivity index (χ2v) is 5.38.